The van der Waals surface area contributed by atoms with Crippen LogP contribution in [0.1, 0.15) is 12.8 Å². The third kappa shape index (κ3) is 4.93. The Morgan fingerprint density at radius 3 is 2.32 bits per heavy atom. The summed E-state index contributed by atoms with van der Waals surface area (Å²) in [6.45, 7) is 3.35. The van der Waals surface area contributed by atoms with E-state index in [9.17, 15) is 14.4 Å². The van der Waals surface area contributed by atoms with Gasteiger partial charge in [-0.25, -0.2) is 4.79 Å². The summed E-state index contributed by atoms with van der Waals surface area (Å²) in [5, 5.41) is 2.93. The van der Waals surface area contributed by atoms with Gasteiger partial charge in [0, 0.05) is 31.9 Å². The lowest BCUT2D eigenvalue weighted by molar-refractivity contribution is -0.143. The highest BCUT2D eigenvalue weighted by Crippen LogP contribution is 2.39. The molecule has 2 aromatic rings. The number of morpholine rings is 1. The molecule has 3 heterocycles. The van der Waals surface area contributed by atoms with Gasteiger partial charge in [0.25, 0.3) is 5.91 Å². The predicted octanol–water partition coefficient (Wildman–Crippen LogP) is 2.23. The summed E-state index contributed by atoms with van der Waals surface area (Å²) in [5.41, 5.74) is 0.739. The lowest BCUT2D eigenvalue weighted by Crippen LogP contribution is -2.58. The number of piperidine rings is 1. The van der Waals surface area contributed by atoms with Gasteiger partial charge in [-0.3, -0.25) is 9.59 Å². The number of anilines is 2. The molecule has 10 nitrogen and oxygen atoms in total. The van der Waals surface area contributed by atoms with E-state index in [0.717, 1.165) is 5.69 Å². The fourth-order valence-corrected chi connectivity index (χ4v) is 5.42. The van der Waals surface area contributed by atoms with Crippen LogP contribution in [0, 0.1) is 0 Å². The van der Waals surface area contributed by atoms with E-state index in [0.29, 0.717) is 70.3 Å². The Labute approximate surface area is 216 Å². The molecule has 0 unspecified atom stereocenters. The van der Waals surface area contributed by atoms with E-state index in [1.54, 1.807) is 33.9 Å². The number of rotatable bonds is 5. The van der Waals surface area contributed by atoms with Crippen molar-refractivity contribution in [2.75, 3.05) is 69.9 Å². The Hall–Kier alpha value is -3.79. The second-order valence-electron chi connectivity index (χ2n) is 9.55. The average Bonchev–Trinajstić information content (AvgIpc) is 3.20. The second-order valence-corrected chi connectivity index (χ2v) is 9.55. The minimum atomic E-state index is -0.798. The molecule has 4 amide bonds. The van der Waals surface area contributed by atoms with Crippen molar-refractivity contribution in [3.63, 3.8) is 0 Å². The maximum absolute atomic E-state index is 13.9. The van der Waals surface area contributed by atoms with E-state index in [1.165, 1.54) is 0 Å². The number of amides is 4. The van der Waals surface area contributed by atoms with Gasteiger partial charge in [-0.15, -0.1) is 0 Å². The van der Waals surface area contributed by atoms with E-state index in [2.05, 4.69) is 10.2 Å². The summed E-state index contributed by atoms with van der Waals surface area (Å²) in [7, 11) is 1.56. The van der Waals surface area contributed by atoms with Crippen LogP contribution >= 0.6 is 0 Å². The average molecular weight is 508 g/mol. The number of ether oxygens (including phenoxy) is 2. The van der Waals surface area contributed by atoms with Gasteiger partial charge in [-0.1, -0.05) is 30.3 Å². The normalized spacial score (nSPS) is 19.3. The highest BCUT2D eigenvalue weighted by atomic mass is 16.5. The lowest BCUT2D eigenvalue weighted by Gasteiger charge is -2.43. The van der Waals surface area contributed by atoms with Crippen LogP contribution in [0.5, 0.6) is 5.75 Å². The first kappa shape index (κ1) is 24.9. The fraction of sp³-hybridized carbons (Fsp3) is 0.444. The Kier molecular flexibility index (Phi) is 7.18. The van der Waals surface area contributed by atoms with Crippen molar-refractivity contribution in [2.24, 2.45) is 0 Å². The molecule has 0 aromatic heterocycles. The summed E-state index contributed by atoms with van der Waals surface area (Å²) in [6.07, 6.45) is 0.949. The van der Waals surface area contributed by atoms with E-state index >= 15 is 0 Å². The van der Waals surface area contributed by atoms with Gasteiger partial charge in [0.2, 0.25) is 5.91 Å². The van der Waals surface area contributed by atoms with Crippen LogP contribution < -0.4 is 15.0 Å². The molecule has 0 atom stereocenters. The number of carbonyl (C=O) groups is 3. The molecule has 0 aliphatic carbocycles. The monoisotopic (exact) mass is 507 g/mol. The molecule has 2 aromatic carbocycles. The largest absolute Gasteiger partial charge is 0.495 e. The number of carbonyl (C=O) groups excluding carboxylic acids is 3. The quantitative estimate of drug-likeness (QED) is 0.667. The van der Waals surface area contributed by atoms with Crippen LogP contribution in [0.15, 0.2) is 54.6 Å². The van der Waals surface area contributed by atoms with Crippen LogP contribution in [0.25, 0.3) is 0 Å². The molecule has 5 rings (SSSR count). The van der Waals surface area contributed by atoms with Crippen molar-refractivity contribution in [1.29, 1.82) is 0 Å². The number of nitrogens with zero attached hydrogens (tertiary/aromatic N) is 4. The van der Waals surface area contributed by atoms with E-state index in [1.807, 2.05) is 42.5 Å². The molecule has 3 aliphatic rings. The zero-order chi connectivity index (χ0) is 25.8. The highest BCUT2D eigenvalue weighted by Gasteiger charge is 2.54. The number of nitrogens with one attached hydrogen (secondary N) is 1. The minimum Gasteiger partial charge on any atom is -0.495 e. The summed E-state index contributed by atoms with van der Waals surface area (Å²) >= 11 is 0. The van der Waals surface area contributed by atoms with E-state index < -0.39 is 5.54 Å². The third-order valence-electron chi connectivity index (χ3n) is 7.50. The van der Waals surface area contributed by atoms with Crippen molar-refractivity contribution >= 4 is 29.2 Å². The first-order chi connectivity index (χ1) is 18.0. The van der Waals surface area contributed by atoms with Gasteiger partial charge < -0.3 is 34.4 Å². The molecule has 10 heteroatoms. The molecular formula is C27H33N5O5. The number of urea groups is 1. The summed E-state index contributed by atoms with van der Waals surface area (Å²) < 4.78 is 10.7. The molecule has 0 radical (unpaired) electrons. The fourth-order valence-electron chi connectivity index (χ4n) is 5.42. The maximum Gasteiger partial charge on any atom is 0.321 e. The lowest BCUT2D eigenvalue weighted by atomic mass is 9.85. The number of hydrogen-bond acceptors (Lipinski definition) is 6. The molecular weight excluding hydrogens is 474 g/mol. The molecule has 3 aliphatic heterocycles. The number of benzene rings is 2. The van der Waals surface area contributed by atoms with Gasteiger partial charge >= 0.3 is 6.03 Å². The van der Waals surface area contributed by atoms with E-state index in [4.69, 9.17) is 9.47 Å². The van der Waals surface area contributed by atoms with Gasteiger partial charge in [0.05, 0.1) is 32.7 Å². The summed E-state index contributed by atoms with van der Waals surface area (Å²) in [5.74, 6) is 0.476. The molecule has 196 valence electrons. The Morgan fingerprint density at radius 1 is 0.946 bits per heavy atom. The molecule has 1 N–H and O–H groups in total. The Bertz CT molecular complexity index is 1130. The van der Waals surface area contributed by atoms with Crippen LogP contribution in [0.2, 0.25) is 0 Å². The maximum atomic E-state index is 13.9. The van der Waals surface area contributed by atoms with Crippen LogP contribution in [0.3, 0.4) is 0 Å². The van der Waals surface area contributed by atoms with Crippen molar-refractivity contribution in [1.82, 2.24) is 14.7 Å². The Morgan fingerprint density at radius 2 is 1.62 bits per heavy atom. The standard InChI is InChI=1S/C27H33N5O5/c1-36-23-10-6-5-9-22(23)28-26(35)30-13-11-27(12-14-30)25(34)31(19-24(33)29-15-17-37-18-16-29)20-32(27)21-7-3-2-4-8-21/h2-10H,11-20H2,1H3,(H,28,35). The first-order valence-electron chi connectivity index (χ1n) is 12.7. The molecule has 1 spiro atoms. The zero-order valence-electron chi connectivity index (χ0n) is 21.1. The zero-order valence-corrected chi connectivity index (χ0v) is 21.1. The summed E-state index contributed by atoms with van der Waals surface area (Å²) in [6, 6.07) is 16.9. The van der Waals surface area contributed by atoms with Crippen LogP contribution in [0.4, 0.5) is 16.2 Å². The second kappa shape index (κ2) is 10.7. The number of methoxy groups -OCH3 is 1. The van der Waals surface area contributed by atoms with Gasteiger partial charge in [-0.2, -0.15) is 0 Å². The van der Waals surface area contributed by atoms with Crippen molar-refractivity contribution in [3.05, 3.63) is 54.6 Å². The molecule has 0 saturated carbocycles. The highest BCUT2D eigenvalue weighted by molar-refractivity contribution is 5.97. The smallest absolute Gasteiger partial charge is 0.321 e. The number of para-hydroxylation sites is 3. The molecule has 3 fully saturated rings. The van der Waals surface area contributed by atoms with Crippen molar-refractivity contribution in [3.8, 4) is 5.75 Å². The number of likely N-dealkylation sites (tertiary alicyclic amines) is 1. The van der Waals surface area contributed by atoms with Gasteiger partial charge in [-0.05, 0) is 37.1 Å². The summed E-state index contributed by atoms with van der Waals surface area (Å²) in [4.78, 5) is 47.2. The minimum absolute atomic E-state index is 0.0436. The third-order valence-corrected chi connectivity index (χ3v) is 7.50. The first-order valence-corrected chi connectivity index (χ1v) is 12.7. The molecule has 0 bridgehead atoms. The van der Waals surface area contributed by atoms with E-state index in [-0.39, 0.29) is 24.4 Å². The van der Waals surface area contributed by atoms with Gasteiger partial charge in [0.15, 0.2) is 0 Å². The topological polar surface area (TPSA) is 94.7 Å². The SMILES string of the molecule is COc1ccccc1NC(=O)N1CCC2(CC1)C(=O)N(CC(=O)N1CCOCC1)CN2c1ccccc1. The van der Waals surface area contributed by atoms with Crippen molar-refractivity contribution < 1.29 is 23.9 Å². The van der Waals surface area contributed by atoms with Crippen LogP contribution in [-0.2, 0) is 14.3 Å². The van der Waals surface area contributed by atoms with Crippen molar-refractivity contribution in [2.45, 2.75) is 18.4 Å². The van der Waals surface area contributed by atoms with Crippen LogP contribution in [-0.4, -0.2) is 97.8 Å². The molecule has 37 heavy (non-hydrogen) atoms. The predicted molar refractivity (Wildman–Crippen MR) is 138 cm³/mol. The molecule has 3 saturated heterocycles. The van der Waals surface area contributed by atoms with Gasteiger partial charge in [0.1, 0.15) is 17.8 Å². The number of hydrogen-bond donors (Lipinski definition) is 1. The Balaban J connectivity index is 1.31.